The van der Waals surface area contributed by atoms with E-state index in [4.69, 9.17) is 15.2 Å². The first kappa shape index (κ1) is 11.9. The standard InChI is InChI=1S/C12H14FNO3/c13-10-2-1-9(5-11(10)14)12(15)17-7-8-3-4-16-6-8/h1-2,5,8H,3-4,6-7,14H2. The zero-order valence-electron chi connectivity index (χ0n) is 9.32. The second kappa shape index (κ2) is 5.14. The Hall–Kier alpha value is -1.62. The summed E-state index contributed by atoms with van der Waals surface area (Å²) in [4.78, 5) is 11.6. The molecular weight excluding hydrogens is 225 g/mol. The molecule has 2 N–H and O–H groups in total. The van der Waals surface area contributed by atoms with Crippen molar-refractivity contribution < 1.29 is 18.7 Å². The van der Waals surface area contributed by atoms with Crippen LogP contribution in [0.2, 0.25) is 0 Å². The predicted octanol–water partition coefficient (Wildman–Crippen LogP) is 1.60. The van der Waals surface area contributed by atoms with Gasteiger partial charge in [0.2, 0.25) is 0 Å². The molecule has 17 heavy (non-hydrogen) atoms. The summed E-state index contributed by atoms with van der Waals surface area (Å²) in [6.45, 7) is 1.67. The molecule has 0 radical (unpaired) electrons. The summed E-state index contributed by atoms with van der Waals surface area (Å²) in [5.41, 5.74) is 5.59. The number of esters is 1. The molecule has 0 spiro atoms. The zero-order chi connectivity index (χ0) is 12.3. The molecule has 1 aliphatic rings. The fraction of sp³-hybridized carbons (Fsp3) is 0.417. The van der Waals surface area contributed by atoms with E-state index in [2.05, 4.69) is 0 Å². The number of carbonyl (C=O) groups excluding carboxylic acids is 1. The van der Waals surface area contributed by atoms with Gasteiger partial charge in [0.15, 0.2) is 0 Å². The van der Waals surface area contributed by atoms with E-state index in [-0.39, 0.29) is 17.2 Å². The van der Waals surface area contributed by atoms with Crippen molar-refractivity contribution in [2.45, 2.75) is 6.42 Å². The van der Waals surface area contributed by atoms with Crippen molar-refractivity contribution in [2.75, 3.05) is 25.6 Å². The maximum absolute atomic E-state index is 12.9. The molecule has 1 saturated heterocycles. The van der Waals surface area contributed by atoms with Crippen molar-refractivity contribution in [1.29, 1.82) is 0 Å². The zero-order valence-corrected chi connectivity index (χ0v) is 9.32. The molecule has 1 atom stereocenters. The lowest BCUT2D eigenvalue weighted by atomic mass is 10.1. The van der Waals surface area contributed by atoms with E-state index < -0.39 is 11.8 Å². The number of hydrogen-bond donors (Lipinski definition) is 1. The van der Waals surface area contributed by atoms with Gasteiger partial charge < -0.3 is 15.2 Å². The van der Waals surface area contributed by atoms with Crippen molar-refractivity contribution in [3.63, 3.8) is 0 Å². The van der Waals surface area contributed by atoms with Crippen LogP contribution in [0.15, 0.2) is 18.2 Å². The summed E-state index contributed by atoms with van der Waals surface area (Å²) in [5, 5.41) is 0. The molecule has 2 rings (SSSR count). The lowest BCUT2D eigenvalue weighted by Gasteiger charge is -2.09. The largest absolute Gasteiger partial charge is 0.462 e. The Bertz CT molecular complexity index is 416. The number of nitrogens with two attached hydrogens (primary N) is 1. The van der Waals surface area contributed by atoms with Gasteiger partial charge in [-0.15, -0.1) is 0 Å². The predicted molar refractivity (Wildman–Crippen MR) is 60.0 cm³/mol. The van der Waals surface area contributed by atoms with Gasteiger partial charge in [-0.2, -0.15) is 0 Å². The Labute approximate surface area is 98.5 Å². The van der Waals surface area contributed by atoms with Crippen LogP contribution in [-0.4, -0.2) is 25.8 Å². The van der Waals surface area contributed by atoms with Crippen molar-refractivity contribution in [2.24, 2.45) is 5.92 Å². The highest BCUT2D eigenvalue weighted by atomic mass is 19.1. The lowest BCUT2D eigenvalue weighted by molar-refractivity contribution is 0.0428. The van der Waals surface area contributed by atoms with Crippen molar-refractivity contribution in [3.8, 4) is 0 Å². The van der Waals surface area contributed by atoms with Crippen LogP contribution in [0.25, 0.3) is 0 Å². The average molecular weight is 239 g/mol. The third-order valence-electron chi connectivity index (χ3n) is 2.71. The van der Waals surface area contributed by atoms with E-state index in [9.17, 15) is 9.18 Å². The van der Waals surface area contributed by atoms with Crippen molar-refractivity contribution >= 4 is 11.7 Å². The maximum Gasteiger partial charge on any atom is 0.338 e. The first-order valence-corrected chi connectivity index (χ1v) is 5.46. The second-order valence-electron chi connectivity index (χ2n) is 4.06. The van der Waals surface area contributed by atoms with Crippen LogP contribution in [0.5, 0.6) is 0 Å². The minimum Gasteiger partial charge on any atom is -0.462 e. The number of hydrogen-bond acceptors (Lipinski definition) is 4. The van der Waals surface area contributed by atoms with Gasteiger partial charge in [0, 0.05) is 12.5 Å². The Morgan fingerprint density at radius 2 is 2.41 bits per heavy atom. The molecule has 0 aromatic heterocycles. The monoisotopic (exact) mass is 239 g/mol. The Kier molecular flexibility index (Phi) is 3.58. The number of rotatable bonds is 3. The minimum atomic E-state index is -0.536. The van der Waals surface area contributed by atoms with E-state index in [1.807, 2.05) is 0 Å². The number of anilines is 1. The van der Waals surface area contributed by atoms with E-state index in [1.54, 1.807) is 0 Å². The highest BCUT2D eigenvalue weighted by Gasteiger charge is 2.18. The molecule has 0 bridgehead atoms. The quantitative estimate of drug-likeness (QED) is 0.643. The Morgan fingerprint density at radius 1 is 1.59 bits per heavy atom. The second-order valence-corrected chi connectivity index (χ2v) is 4.06. The first-order valence-electron chi connectivity index (χ1n) is 5.46. The molecule has 0 aliphatic carbocycles. The smallest absolute Gasteiger partial charge is 0.338 e. The first-order chi connectivity index (χ1) is 8.16. The van der Waals surface area contributed by atoms with Gasteiger partial charge in [0.25, 0.3) is 0 Å². The number of nitrogen functional groups attached to an aromatic ring is 1. The molecule has 0 amide bonds. The summed E-state index contributed by atoms with van der Waals surface area (Å²) >= 11 is 0. The summed E-state index contributed by atoms with van der Waals surface area (Å²) < 4.78 is 23.2. The molecule has 0 saturated carbocycles. The molecule has 1 fully saturated rings. The Balaban J connectivity index is 1.92. The van der Waals surface area contributed by atoms with Gasteiger partial charge in [0.1, 0.15) is 5.82 Å². The molecule has 92 valence electrons. The van der Waals surface area contributed by atoms with Gasteiger partial charge in [-0.05, 0) is 24.6 Å². The number of ether oxygens (including phenoxy) is 2. The van der Waals surface area contributed by atoms with Gasteiger partial charge in [-0.25, -0.2) is 9.18 Å². The van der Waals surface area contributed by atoms with E-state index in [0.29, 0.717) is 19.8 Å². The molecule has 1 aliphatic heterocycles. The highest BCUT2D eigenvalue weighted by molar-refractivity contribution is 5.90. The highest BCUT2D eigenvalue weighted by Crippen LogP contribution is 2.16. The van der Waals surface area contributed by atoms with Gasteiger partial charge >= 0.3 is 5.97 Å². The Morgan fingerprint density at radius 3 is 3.06 bits per heavy atom. The number of halogens is 1. The van der Waals surface area contributed by atoms with E-state index in [1.165, 1.54) is 12.1 Å². The minimum absolute atomic E-state index is 0.0522. The SMILES string of the molecule is Nc1cc(C(=O)OCC2CCOC2)ccc1F. The van der Waals surface area contributed by atoms with Crippen molar-refractivity contribution in [1.82, 2.24) is 0 Å². The fourth-order valence-electron chi connectivity index (χ4n) is 1.66. The summed E-state index contributed by atoms with van der Waals surface area (Å²) in [7, 11) is 0. The third kappa shape index (κ3) is 2.94. The van der Waals surface area contributed by atoms with Crippen LogP contribution >= 0.6 is 0 Å². The maximum atomic E-state index is 12.9. The average Bonchev–Trinajstić information content (AvgIpc) is 2.82. The van der Waals surface area contributed by atoms with E-state index in [0.717, 1.165) is 12.5 Å². The van der Waals surface area contributed by atoms with E-state index >= 15 is 0 Å². The van der Waals surface area contributed by atoms with Crippen LogP contribution in [-0.2, 0) is 9.47 Å². The van der Waals surface area contributed by atoms with Gasteiger partial charge in [-0.3, -0.25) is 0 Å². The lowest BCUT2D eigenvalue weighted by Crippen LogP contribution is -2.14. The molecule has 1 aromatic rings. The molecule has 1 aromatic carbocycles. The summed E-state index contributed by atoms with van der Waals surface area (Å²) in [6.07, 6.45) is 0.902. The molecule has 1 heterocycles. The summed E-state index contributed by atoms with van der Waals surface area (Å²) in [6, 6.07) is 3.80. The third-order valence-corrected chi connectivity index (χ3v) is 2.71. The van der Waals surface area contributed by atoms with Crippen molar-refractivity contribution in [3.05, 3.63) is 29.6 Å². The molecule has 5 heteroatoms. The van der Waals surface area contributed by atoms with Crippen LogP contribution < -0.4 is 5.73 Å². The van der Waals surface area contributed by atoms with Crippen LogP contribution in [0.3, 0.4) is 0 Å². The number of carbonyl (C=O) groups is 1. The normalized spacial score (nSPS) is 19.2. The van der Waals surface area contributed by atoms with Gasteiger partial charge in [0.05, 0.1) is 24.5 Å². The molecule has 4 nitrogen and oxygen atoms in total. The number of benzene rings is 1. The molecular formula is C12H14FNO3. The molecule has 1 unspecified atom stereocenters. The van der Waals surface area contributed by atoms with Crippen LogP contribution in [0, 0.1) is 11.7 Å². The van der Waals surface area contributed by atoms with Crippen LogP contribution in [0.1, 0.15) is 16.8 Å². The fourth-order valence-corrected chi connectivity index (χ4v) is 1.66. The van der Waals surface area contributed by atoms with Gasteiger partial charge in [-0.1, -0.05) is 0 Å². The van der Waals surface area contributed by atoms with Crippen LogP contribution in [0.4, 0.5) is 10.1 Å². The summed E-state index contributed by atoms with van der Waals surface area (Å²) in [5.74, 6) is -0.758. The topological polar surface area (TPSA) is 61.6 Å².